The summed E-state index contributed by atoms with van der Waals surface area (Å²) in [5, 5.41) is 11.0. The first-order valence-corrected chi connectivity index (χ1v) is 8.26. The van der Waals surface area contributed by atoms with Gasteiger partial charge in [-0.3, -0.25) is 4.79 Å². The maximum absolute atomic E-state index is 12.1. The van der Waals surface area contributed by atoms with Crippen LogP contribution < -0.4 is 5.32 Å². The predicted molar refractivity (Wildman–Crippen MR) is 81.0 cm³/mol. The Labute approximate surface area is 132 Å². The Bertz CT molecular complexity index is 689. The Balaban J connectivity index is 3.21. The Morgan fingerprint density at radius 2 is 1.62 bits per heavy atom. The van der Waals surface area contributed by atoms with E-state index in [0.29, 0.717) is 0 Å². The van der Waals surface area contributed by atoms with E-state index in [1.165, 1.54) is 13.8 Å². The van der Waals surface area contributed by atoms with Crippen LogP contribution in [0.25, 0.3) is 0 Å². The van der Waals surface area contributed by atoms with Crippen LogP contribution in [-0.2, 0) is 14.6 Å². The number of hydrogen-bond donors (Lipinski definition) is 2. The molecule has 1 aromatic rings. The summed E-state index contributed by atoms with van der Waals surface area (Å²) in [6, 6.07) is 2.22. The molecule has 0 heterocycles. The zero-order valence-corrected chi connectivity index (χ0v) is 13.7. The number of anilines is 1. The SMILES string of the molecule is CC(C)(C(=O)Nc1c(Cl)cc(C(=O)O)cc1Cl)S(C)(=O)=O. The summed E-state index contributed by atoms with van der Waals surface area (Å²) >= 11 is 11.8. The van der Waals surface area contributed by atoms with Crippen LogP contribution in [0.15, 0.2) is 12.1 Å². The minimum absolute atomic E-state index is 0.0370. The summed E-state index contributed by atoms with van der Waals surface area (Å²) in [6.45, 7) is 2.48. The van der Waals surface area contributed by atoms with Crippen molar-refractivity contribution in [2.24, 2.45) is 0 Å². The average molecular weight is 354 g/mol. The van der Waals surface area contributed by atoms with Crippen molar-refractivity contribution in [1.29, 1.82) is 0 Å². The molecule has 9 heteroatoms. The van der Waals surface area contributed by atoms with Gasteiger partial charge in [0, 0.05) is 6.26 Å². The van der Waals surface area contributed by atoms with E-state index in [1.807, 2.05) is 0 Å². The van der Waals surface area contributed by atoms with Gasteiger partial charge in [-0.05, 0) is 26.0 Å². The molecular weight excluding hydrogens is 341 g/mol. The van der Waals surface area contributed by atoms with Gasteiger partial charge in [0.15, 0.2) is 9.84 Å². The molecule has 6 nitrogen and oxygen atoms in total. The number of aromatic carboxylic acids is 1. The molecule has 1 amide bonds. The molecule has 0 radical (unpaired) electrons. The van der Waals surface area contributed by atoms with Crippen molar-refractivity contribution in [1.82, 2.24) is 0 Å². The maximum atomic E-state index is 12.1. The molecule has 0 saturated heterocycles. The second kappa shape index (κ2) is 5.82. The zero-order chi connectivity index (χ0) is 16.6. The van der Waals surface area contributed by atoms with Gasteiger partial charge >= 0.3 is 5.97 Å². The number of hydrogen-bond acceptors (Lipinski definition) is 4. The summed E-state index contributed by atoms with van der Waals surface area (Å²) in [6.07, 6.45) is 0.934. The number of benzene rings is 1. The van der Waals surface area contributed by atoms with Gasteiger partial charge in [-0.2, -0.15) is 0 Å². The van der Waals surface area contributed by atoms with Gasteiger partial charge in [0.1, 0.15) is 4.75 Å². The molecule has 0 saturated carbocycles. The van der Waals surface area contributed by atoms with Gasteiger partial charge in [0.25, 0.3) is 0 Å². The molecule has 1 aromatic carbocycles. The van der Waals surface area contributed by atoms with Crippen molar-refractivity contribution >= 4 is 50.6 Å². The molecule has 0 aromatic heterocycles. The third kappa shape index (κ3) is 3.66. The molecule has 0 aliphatic heterocycles. The van der Waals surface area contributed by atoms with Crippen LogP contribution in [0.3, 0.4) is 0 Å². The Hall–Kier alpha value is -1.31. The highest BCUT2D eigenvalue weighted by molar-refractivity contribution is 7.92. The fourth-order valence-corrected chi connectivity index (χ4v) is 2.22. The Morgan fingerprint density at radius 3 is 1.95 bits per heavy atom. The third-order valence-corrected chi connectivity index (χ3v) is 5.64. The first kappa shape index (κ1) is 17.7. The molecule has 1 rings (SSSR count). The first-order valence-electron chi connectivity index (χ1n) is 5.61. The molecule has 0 atom stereocenters. The molecule has 0 spiro atoms. The molecule has 0 unspecified atom stereocenters. The van der Waals surface area contributed by atoms with Gasteiger partial charge in [-0.15, -0.1) is 0 Å². The molecule has 21 heavy (non-hydrogen) atoms. The van der Waals surface area contributed by atoms with E-state index >= 15 is 0 Å². The number of sulfone groups is 1. The summed E-state index contributed by atoms with van der Waals surface area (Å²) < 4.78 is 21.5. The number of carbonyl (C=O) groups excluding carboxylic acids is 1. The Kier molecular flexibility index (Phi) is 4.92. The summed E-state index contributed by atoms with van der Waals surface area (Å²) in [7, 11) is -3.66. The molecule has 0 bridgehead atoms. The van der Waals surface area contributed by atoms with Gasteiger partial charge < -0.3 is 10.4 Å². The highest BCUT2D eigenvalue weighted by atomic mass is 35.5. The van der Waals surface area contributed by atoms with E-state index in [0.717, 1.165) is 18.4 Å². The van der Waals surface area contributed by atoms with Gasteiger partial charge in [-0.25, -0.2) is 13.2 Å². The van der Waals surface area contributed by atoms with Crippen LogP contribution in [0.1, 0.15) is 24.2 Å². The second-order valence-electron chi connectivity index (χ2n) is 4.86. The van der Waals surface area contributed by atoms with Crippen LogP contribution in [0, 0.1) is 0 Å². The van der Waals surface area contributed by atoms with Crippen LogP contribution >= 0.6 is 23.2 Å². The van der Waals surface area contributed by atoms with Crippen molar-refractivity contribution in [2.75, 3.05) is 11.6 Å². The highest BCUT2D eigenvalue weighted by Crippen LogP contribution is 2.33. The minimum atomic E-state index is -3.66. The molecule has 2 N–H and O–H groups in total. The van der Waals surface area contributed by atoms with Crippen LogP contribution in [0.5, 0.6) is 0 Å². The molecule has 0 aliphatic carbocycles. The molecular formula is C12H13Cl2NO5S. The lowest BCUT2D eigenvalue weighted by molar-refractivity contribution is -0.117. The number of amides is 1. The van der Waals surface area contributed by atoms with Crippen LogP contribution in [0.2, 0.25) is 10.0 Å². The van der Waals surface area contributed by atoms with Gasteiger partial charge in [-0.1, -0.05) is 23.2 Å². The van der Waals surface area contributed by atoms with E-state index in [2.05, 4.69) is 5.32 Å². The van der Waals surface area contributed by atoms with Gasteiger partial charge in [0.05, 0.1) is 21.3 Å². The minimum Gasteiger partial charge on any atom is -0.478 e. The highest BCUT2D eigenvalue weighted by Gasteiger charge is 2.39. The maximum Gasteiger partial charge on any atom is 0.335 e. The standard InChI is InChI=1S/C12H13Cl2NO5S/c1-12(2,21(3,19)20)11(18)15-9-7(13)4-6(10(16)17)5-8(9)14/h4-5H,1-3H3,(H,15,18)(H,16,17). The fraction of sp³-hybridized carbons (Fsp3) is 0.333. The average Bonchev–Trinajstić information content (AvgIpc) is 2.31. The predicted octanol–water partition coefficient (Wildman–Crippen LogP) is 2.45. The van der Waals surface area contributed by atoms with Gasteiger partial charge in [0.2, 0.25) is 5.91 Å². The second-order valence-corrected chi connectivity index (χ2v) is 8.24. The quantitative estimate of drug-likeness (QED) is 0.865. The summed E-state index contributed by atoms with van der Waals surface area (Å²) in [5.41, 5.74) is -0.185. The van der Waals surface area contributed by atoms with Crippen molar-refractivity contribution in [2.45, 2.75) is 18.6 Å². The number of rotatable bonds is 4. The molecule has 0 fully saturated rings. The van der Waals surface area contributed by atoms with E-state index in [9.17, 15) is 18.0 Å². The monoisotopic (exact) mass is 353 g/mol. The smallest absolute Gasteiger partial charge is 0.335 e. The molecule has 116 valence electrons. The summed E-state index contributed by atoms with van der Waals surface area (Å²) in [5.74, 6) is -2.05. The van der Waals surface area contributed by atoms with E-state index < -0.39 is 26.5 Å². The van der Waals surface area contributed by atoms with E-state index in [-0.39, 0.29) is 21.3 Å². The topological polar surface area (TPSA) is 101 Å². The molecule has 0 aliphatic rings. The normalized spacial score (nSPS) is 12.0. The Morgan fingerprint density at radius 1 is 1.19 bits per heavy atom. The van der Waals surface area contributed by atoms with Crippen LogP contribution in [0.4, 0.5) is 5.69 Å². The number of carboxylic acids is 1. The number of carbonyl (C=O) groups is 2. The van der Waals surface area contributed by atoms with E-state index in [4.69, 9.17) is 28.3 Å². The zero-order valence-electron chi connectivity index (χ0n) is 11.4. The van der Waals surface area contributed by atoms with Crippen molar-refractivity contribution < 1.29 is 23.1 Å². The number of carboxylic acid groups (broad SMARTS) is 1. The largest absolute Gasteiger partial charge is 0.478 e. The summed E-state index contributed by atoms with van der Waals surface area (Å²) in [4.78, 5) is 22.9. The third-order valence-electron chi connectivity index (χ3n) is 3.00. The van der Waals surface area contributed by atoms with Crippen molar-refractivity contribution in [3.8, 4) is 0 Å². The lowest BCUT2D eigenvalue weighted by atomic mass is 10.1. The fourth-order valence-electron chi connectivity index (χ4n) is 1.25. The number of halogens is 2. The van der Waals surface area contributed by atoms with Crippen molar-refractivity contribution in [3.05, 3.63) is 27.7 Å². The lowest BCUT2D eigenvalue weighted by Crippen LogP contribution is -2.44. The van der Waals surface area contributed by atoms with Crippen LogP contribution in [-0.4, -0.2) is 36.4 Å². The first-order chi connectivity index (χ1) is 9.37. The lowest BCUT2D eigenvalue weighted by Gasteiger charge is -2.22. The van der Waals surface area contributed by atoms with Crippen molar-refractivity contribution in [3.63, 3.8) is 0 Å². The van der Waals surface area contributed by atoms with E-state index in [1.54, 1.807) is 0 Å². The number of nitrogens with one attached hydrogen (secondary N) is 1.